The third-order valence-corrected chi connectivity index (χ3v) is 5.88. The Bertz CT molecular complexity index is 1200. The predicted molar refractivity (Wildman–Crippen MR) is 109 cm³/mol. The van der Waals surface area contributed by atoms with E-state index >= 15 is 0 Å². The van der Waals surface area contributed by atoms with Crippen molar-refractivity contribution >= 4 is 16.9 Å². The van der Waals surface area contributed by atoms with E-state index in [9.17, 15) is 9.59 Å². The molecule has 2 aliphatic heterocycles. The average Bonchev–Trinajstić information content (AvgIpc) is 3.19. The summed E-state index contributed by atoms with van der Waals surface area (Å²) >= 11 is 0. The summed E-state index contributed by atoms with van der Waals surface area (Å²) in [6.07, 6.45) is 2.64. The van der Waals surface area contributed by atoms with E-state index in [4.69, 9.17) is 9.72 Å². The fourth-order valence-electron chi connectivity index (χ4n) is 4.33. The number of benzene rings is 1. The summed E-state index contributed by atoms with van der Waals surface area (Å²) in [5.74, 6) is 0.649. The van der Waals surface area contributed by atoms with Gasteiger partial charge in [-0.05, 0) is 25.0 Å². The van der Waals surface area contributed by atoms with E-state index in [-0.39, 0.29) is 17.2 Å². The molecule has 8 heteroatoms. The number of aromatic nitrogens is 4. The Morgan fingerprint density at radius 3 is 3.00 bits per heavy atom. The molecular formula is C21H23N5O3. The molecule has 2 aliphatic rings. The summed E-state index contributed by atoms with van der Waals surface area (Å²) in [6.45, 7) is 2.38. The number of nitrogens with zero attached hydrogens (tertiary/aromatic N) is 5. The molecule has 3 aromatic rings. The molecule has 0 spiro atoms. The molecule has 29 heavy (non-hydrogen) atoms. The molecule has 5 rings (SSSR count). The van der Waals surface area contributed by atoms with Crippen LogP contribution in [0.2, 0.25) is 0 Å². The van der Waals surface area contributed by atoms with Crippen molar-refractivity contribution in [3.05, 3.63) is 62.3 Å². The number of hydrogen-bond donors (Lipinski definition) is 0. The maximum absolute atomic E-state index is 12.8. The highest BCUT2D eigenvalue weighted by atomic mass is 16.5. The normalized spacial score (nSPS) is 18.9. The van der Waals surface area contributed by atoms with E-state index in [1.807, 2.05) is 18.2 Å². The van der Waals surface area contributed by atoms with Crippen LogP contribution in [0.4, 0.5) is 5.95 Å². The van der Waals surface area contributed by atoms with Crippen LogP contribution >= 0.6 is 0 Å². The smallest absolute Gasteiger partial charge is 0.267 e. The number of rotatable bonds is 3. The first-order valence-corrected chi connectivity index (χ1v) is 10.0. The zero-order chi connectivity index (χ0) is 20.0. The topological polar surface area (TPSA) is 82.2 Å². The monoisotopic (exact) mass is 393 g/mol. The van der Waals surface area contributed by atoms with Gasteiger partial charge < -0.3 is 9.64 Å². The van der Waals surface area contributed by atoms with Gasteiger partial charge in [0.2, 0.25) is 5.95 Å². The van der Waals surface area contributed by atoms with E-state index in [2.05, 4.69) is 10.00 Å². The predicted octanol–water partition coefficient (Wildman–Crippen LogP) is 1.23. The van der Waals surface area contributed by atoms with Gasteiger partial charge in [-0.25, -0.2) is 9.67 Å². The van der Waals surface area contributed by atoms with E-state index in [1.54, 1.807) is 28.4 Å². The lowest BCUT2D eigenvalue weighted by molar-refractivity contribution is 0.108. The second-order valence-electron chi connectivity index (χ2n) is 7.72. The van der Waals surface area contributed by atoms with Crippen LogP contribution in [0, 0.1) is 0 Å². The minimum atomic E-state index is -0.110. The van der Waals surface area contributed by atoms with Crippen molar-refractivity contribution in [2.24, 2.45) is 7.05 Å². The SMILES string of the molecule is Cn1c(N2CCCC2Cn2nc3c(cc2=O)COCC3)nc2ccccc2c1=O. The number of para-hydroxylation sites is 1. The molecule has 0 radical (unpaired) electrons. The molecule has 0 aliphatic carbocycles. The Morgan fingerprint density at radius 1 is 1.24 bits per heavy atom. The molecule has 1 aromatic carbocycles. The Balaban J connectivity index is 1.50. The van der Waals surface area contributed by atoms with Gasteiger partial charge in [0.1, 0.15) is 0 Å². The molecule has 1 atom stereocenters. The summed E-state index contributed by atoms with van der Waals surface area (Å²) in [5.41, 5.74) is 2.36. The van der Waals surface area contributed by atoms with Gasteiger partial charge in [0.15, 0.2) is 0 Å². The van der Waals surface area contributed by atoms with Gasteiger partial charge in [-0.2, -0.15) is 5.10 Å². The van der Waals surface area contributed by atoms with Gasteiger partial charge in [0.05, 0.1) is 42.4 Å². The van der Waals surface area contributed by atoms with Gasteiger partial charge in [0.25, 0.3) is 11.1 Å². The molecule has 1 fully saturated rings. The largest absolute Gasteiger partial charge is 0.376 e. The van der Waals surface area contributed by atoms with E-state index in [0.717, 1.165) is 37.1 Å². The molecule has 0 N–H and O–H groups in total. The maximum atomic E-state index is 12.8. The van der Waals surface area contributed by atoms with E-state index in [1.165, 1.54) is 0 Å². The maximum Gasteiger partial charge on any atom is 0.267 e. The zero-order valence-corrected chi connectivity index (χ0v) is 16.4. The molecule has 4 heterocycles. The highest BCUT2D eigenvalue weighted by Crippen LogP contribution is 2.25. The fraction of sp³-hybridized carbons (Fsp3) is 0.429. The van der Waals surface area contributed by atoms with Crippen LogP contribution in [0.5, 0.6) is 0 Å². The summed E-state index contributed by atoms with van der Waals surface area (Å²) in [7, 11) is 1.76. The molecule has 1 saturated heterocycles. The Hall–Kier alpha value is -3.00. The van der Waals surface area contributed by atoms with Gasteiger partial charge >= 0.3 is 0 Å². The minimum Gasteiger partial charge on any atom is -0.376 e. The first-order chi connectivity index (χ1) is 14.1. The van der Waals surface area contributed by atoms with Crippen molar-refractivity contribution in [3.8, 4) is 0 Å². The first kappa shape index (κ1) is 18.1. The van der Waals surface area contributed by atoms with Crippen LogP contribution in [0.15, 0.2) is 39.9 Å². The molecule has 0 bridgehead atoms. The molecule has 1 unspecified atom stereocenters. The highest BCUT2D eigenvalue weighted by Gasteiger charge is 2.29. The van der Waals surface area contributed by atoms with Gasteiger partial charge in [-0.1, -0.05) is 12.1 Å². The Kier molecular flexibility index (Phi) is 4.43. The number of anilines is 1. The van der Waals surface area contributed by atoms with Gasteiger partial charge in [0, 0.05) is 31.6 Å². The third kappa shape index (κ3) is 3.13. The number of fused-ring (bicyclic) bond motifs is 2. The first-order valence-electron chi connectivity index (χ1n) is 10.0. The summed E-state index contributed by atoms with van der Waals surface area (Å²) in [6, 6.07) is 9.12. The van der Waals surface area contributed by atoms with Crippen LogP contribution in [0.25, 0.3) is 10.9 Å². The quantitative estimate of drug-likeness (QED) is 0.666. The average molecular weight is 393 g/mol. The van der Waals surface area contributed by atoms with Crippen molar-refractivity contribution in [3.63, 3.8) is 0 Å². The van der Waals surface area contributed by atoms with E-state index in [0.29, 0.717) is 36.6 Å². The summed E-state index contributed by atoms with van der Waals surface area (Å²) in [5, 5.41) is 5.22. The Morgan fingerprint density at radius 2 is 2.10 bits per heavy atom. The standard InChI is InChI=1S/C21H23N5O3/c1-24-20(28)16-6-2-3-7-18(16)22-21(24)25-9-4-5-15(25)12-26-19(27)11-14-13-29-10-8-17(14)23-26/h2-3,6-7,11,15H,4-5,8-10,12-13H2,1H3. The Labute approximate surface area is 167 Å². The van der Waals surface area contributed by atoms with Crippen LogP contribution in [0.1, 0.15) is 24.1 Å². The molecule has 150 valence electrons. The van der Waals surface area contributed by atoms with Crippen molar-refractivity contribution < 1.29 is 4.74 Å². The minimum absolute atomic E-state index is 0.0553. The molecule has 2 aromatic heterocycles. The zero-order valence-electron chi connectivity index (χ0n) is 16.4. The van der Waals surface area contributed by atoms with Gasteiger partial charge in [-0.15, -0.1) is 0 Å². The van der Waals surface area contributed by atoms with Crippen molar-refractivity contribution in [2.75, 3.05) is 18.1 Å². The molecule has 0 saturated carbocycles. The number of ether oxygens (including phenoxy) is 1. The van der Waals surface area contributed by atoms with Crippen LogP contribution in [0.3, 0.4) is 0 Å². The summed E-state index contributed by atoms with van der Waals surface area (Å²) < 4.78 is 8.60. The second-order valence-corrected chi connectivity index (χ2v) is 7.72. The van der Waals surface area contributed by atoms with Crippen molar-refractivity contribution in [1.29, 1.82) is 0 Å². The van der Waals surface area contributed by atoms with Gasteiger partial charge in [-0.3, -0.25) is 14.2 Å². The fourth-order valence-corrected chi connectivity index (χ4v) is 4.33. The lowest BCUT2D eigenvalue weighted by Gasteiger charge is -2.28. The van der Waals surface area contributed by atoms with Crippen molar-refractivity contribution in [1.82, 2.24) is 19.3 Å². The third-order valence-electron chi connectivity index (χ3n) is 5.88. The lowest BCUT2D eigenvalue weighted by atomic mass is 10.1. The highest BCUT2D eigenvalue weighted by molar-refractivity contribution is 5.78. The number of hydrogen-bond acceptors (Lipinski definition) is 6. The molecule has 8 nitrogen and oxygen atoms in total. The second kappa shape index (κ2) is 7.11. The van der Waals surface area contributed by atoms with Crippen molar-refractivity contribution in [2.45, 2.75) is 38.5 Å². The van der Waals surface area contributed by atoms with Crippen LogP contribution in [-0.4, -0.2) is 38.5 Å². The lowest BCUT2D eigenvalue weighted by Crippen LogP contribution is -2.40. The molecular weight excluding hydrogens is 370 g/mol. The summed E-state index contributed by atoms with van der Waals surface area (Å²) in [4.78, 5) is 32.3. The van der Waals surface area contributed by atoms with Crippen LogP contribution in [-0.2, 0) is 31.4 Å². The van der Waals surface area contributed by atoms with E-state index < -0.39 is 0 Å². The van der Waals surface area contributed by atoms with Crippen LogP contribution < -0.4 is 16.0 Å². The molecule has 0 amide bonds.